The van der Waals surface area contributed by atoms with E-state index in [0.29, 0.717) is 5.56 Å². The Balaban J connectivity index is 3.11. The highest BCUT2D eigenvalue weighted by atomic mass is 16.3. The van der Waals surface area contributed by atoms with Crippen molar-refractivity contribution < 1.29 is 14.7 Å². The third-order valence-corrected chi connectivity index (χ3v) is 2.23. The van der Waals surface area contributed by atoms with Gasteiger partial charge in [-0.25, -0.2) is 0 Å². The first-order valence-electron chi connectivity index (χ1n) is 5.04. The molecule has 4 heteroatoms. The molecule has 2 N–H and O–H groups in total. The summed E-state index contributed by atoms with van der Waals surface area (Å²) in [6.45, 7) is 2.49. The van der Waals surface area contributed by atoms with Gasteiger partial charge < -0.3 is 5.11 Å². The van der Waals surface area contributed by atoms with E-state index in [1.165, 1.54) is 13.8 Å². The van der Waals surface area contributed by atoms with E-state index in [2.05, 4.69) is 0 Å². The molecular formula is C13H13NO3. The summed E-state index contributed by atoms with van der Waals surface area (Å²) < 4.78 is 0. The van der Waals surface area contributed by atoms with Crippen LogP contribution in [0.25, 0.3) is 0 Å². The molecule has 4 nitrogen and oxygen atoms in total. The van der Waals surface area contributed by atoms with Crippen LogP contribution in [-0.4, -0.2) is 22.4 Å². The van der Waals surface area contributed by atoms with Gasteiger partial charge >= 0.3 is 0 Å². The zero-order chi connectivity index (χ0) is 13.0. The van der Waals surface area contributed by atoms with Gasteiger partial charge in [0.15, 0.2) is 5.78 Å². The number of aliphatic hydroxyl groups is 1. The van der Waals surface area contributed by atoms with E-state index in [9.17, 15) is 14.7 Å². The van der Waals surface area contributed by atoms with Gasteiger partial charge in [0.1, 0.15) is 11.5 Å². The highest BCUT2D eigenvalue weighted by Gasteiger charge is 2.21. The van der Waals surface area contributed by atoms with Gasteiger partial charge in [-0.15, -0.1) is 0 Å². The van der Waals surface area contributed by atoms with E-state index in [-0.39, 0.29) is 11.3 Å². The number of aliphatic hydroxyl groups excluding tert-OH is 1. The molecule has 1 aromatic carbocycles. The first-order valence-corrected chi connectivity index (χ1v) is 5.04. The molecule has 0 radical (unpaired) electrons. The minimum Gasteiger partial charge on any atom is -0.512 e. The van der Waals surface area contributed by atoms with Crippen LogP contribution in [0.5, 0.6) is 0 Å². The van der Waals surface area contributed by atoms with Crippen LogP contribution in [0.15, 0.2) is 41.7 Å². The topological polar surface area (TPSA) is 78.2 Å². The third-order valence-electron chi connectivity index (χ3n) is 2.23. The summed E-state index contributed by atoms with van der Waals surface area (Å²) in [5.41, 5.74) is -0.403. The number of nitrogens with one attached hydrogen (secondary N) is 1. The molecule has 0 saturated carbocycles. The second-order valence-electron chi connectivity index (χ2n) is 3.59. The number of rotatable bonds is 4. The van der Waals surface area contributed by atoms with E-state index >= 15 is 0 Å². The van der Waals surface area contributed by atoms with Gasteiger partial charge in [0, 0.05) is 5.56 Å². The van der Waals surface area contributed by atoms with Crippen molar-refractivity contribution in [3.05, 3.63) is 47.2 Å². The average Bonchev–Trinajstić information content (AvgIpc) is 2.28. The summed E-state index contributed by atoms with van der Waals surface area (Å²) in [7, 11) is 0. The quantitative estimate of drug-likeness (QED) is 0.361. The fourth-order valence-corrected chi connectivity index (χ4v) is 1.46. The average molecular weight is 231 g/mol. The molecule has 88 valence electrons. The molecule has 0 aromatic heterocycles. The molecule has 0 aliphatic carbocycles. The Kier molecular flexibility index (Phi) is 3.93. The molecule has 0 aliphatic rings. The van der Waals surface area contributed by atoms with Gasteiger partial charge in [-0.1, -0.05) is 30.3 Å². The Bertz CT molecular complexity index is 497. The van der Waals surface area contributed by atoms with Crippen LogP contribution in [0.4, 0.5) is 0 Å². The van der Waals surface area contributed by atoms with Crippen LogP contribution in [0, 0.1) is 5.41 Å². The van der Waals surface area contributed by atoms with Crippen molar-refractivity contribution in [2.45, 2.75) is 13.8 Å². The van der Waals surface area contributed by atoms with E-state index in [1.807, 2.05) is 0 Å². The van der Waals surface area contributed by atoms with Gasteiger partial charge in [0.2, 0.25) is 5.78 Å². The first kappa shape index (κ1) is 12.8. The number of allylic oxidation sites excluding steroid dienone is 2. The van der Waals surface area contributed by atoms with Crippen LogP contribution in [0.1, 0.15) is 24.2 Å². The summed E-state index contributed by atoms with van der Waals surface area (Å²) in [5.74, 6) is -1.39. The van der Waals surface area contributed by atoms with E-state index < -0.39 is 17.3 Å². The van der Waals surface area contributed by atoms with Crippen molar-refractivity contribution in [3.8, 4) is 0 Å². The second kappa shape index (κ2) is 5.21. The SMILES string of the molecule is CC(=O)/C(C(=N)C(=O)c1ccccc1)=C(/C)O. The maximum absolute atomic E-state index is 11.9. The molecule has 1 rings (SSSR count). The molecule has 0 bridgehead atoms. The van der Waals surface area contributed by atoms with E-state index in [4.69, 9.17) is 5.41 Å². The molecule has 0 unspecified atom stereocenters. The molecule has 0 atom stereocenters. The summed E-state index contributed by atoms with van der Waals surface area (Å²) in [6.07, 6.45) is 0. The molecule has 0 saturated heterocycles. The van der Waals surface area contributed by atoms with Crippen LogP contribution in [0.3, 0.4) is 0 Å². The lowest BCUT2D eigenvalue weighted by Crippen LogP contribution is -2.21. The van der Waals surface area contributed by atoms with Crippen molar-refractivity contribution in [3.63, 3.8) is 0 Å². The molecule has 0 amide bonds. The van der Waals surface area contributed by atoms with Crippen molar-refractivity contribution in [2.75, 3.05) is 0 Å². The Morgan fingerprint density at radius 2 is 1.65 bits per heavy atom. The van der Waals surface area contributed by atoms with E-state index in [0.717, 1.165) is 0 Å². The molecule has 0 spiro atoms. The Morgan fingerprint density at radius 1 is 1.12 bits per heavy atom. The number of benzene rings is 1. The minimum absolute atomic E-state index is 0.237. The van der Waals surface area contributed by atoms with Gasteiger partial charge in [-0.05, 0) is 13.8 Å². The summed E-state index contributed by atoms with van der Waals surface area (Å²) in [6, 6.07) is 8.20. The monoisotopic (exact) mass is 231 g/mol. The lowest BCUT2D eigenvalue weighted by molar-refractivity contribution is -0.113. The first-order chi connectivity index (χ1) is 7.95. The highest BCUT2D eigenvalue weighted by molar-refractivity contribution is 6.55. The predicted molar refractivity (Wildman–Crippen MR) is 64.5 cm³/mol. The van der Waals surface area contributed by atoms with Crippen molar-refractivity contribution >= 4 is 17.3 Å². The molecule has 0 aliphatic heterocycles. The van der Waals surface area contributed by atoms with Crippen LogP contribution >= 0.6 is 0 Å². The van der Waals surface area contributed by atoms with Crippen molar-refractivity contribution in [2.24, 2.45) is 0 Å². The Morgan fingerprint density at radius 3 is 2.06 bits per heavy atom. The standard InChI is InChI=1S/C13H13NO3/c1-8(15)11(9(2)16)12(14)13(17)10-6-4-3-5-7-10/h3-7,14-15H,1-2H3/b11-8+,14-12?. The van der Waals surface area contributed by atoms with Gasteiger partial charge in [0.25, 0.3) is 0 Å². The zero-order valence-corrected chi connectivity index (χ0v) is 9.65. The predicted octanol–water partition coefficient (Wildman–Crippen LogP) is 2.31. The fraction of sp³-hybridized carbons (Fsp3) is 0.154. The number of hydrogen-bond acceptors (Lipinski definition) is 4. The third kappa shape index (κ3) is 2.87. The Labute approximate surface area is 99.1 Å². The maximum atomic E-state index is 11.9. The fourth-order valence-electron chi connectivity index (χ4n) is 1.46. The van der Waals surface area contributed by atoms with Gasteiger partial charge in [0.05, 0.1) is 5.57 Å². The maximum Gasteiger partial charge on any atom is 0.211 e. The molecule has 17 heavy (non-hydrogen) atoms. The Hall–Kier alpha value is -2.23. The van der Waals surface area contributed by atoms with Crippen LogP contribution < -0.4 is 0 Å². The normalized spacial score (nSPS) is 11.6. The smallest absolute Gasteiger partial charge is 0.211 e. The molecule has 0 heterocycles. The molecule has 1 aromatic rings. The molecule has 0 fully saturated rings. The van der Waals surface area contributed by atoms with Gasteiger partial charge in [-0.3, -0.25) is 15.0 Å². The summed E-state index contributed by atoms with van der Waals surface area (Å²) >= 11 is 0. The van der Waals surface area contributed by atoms with Gasteiger partial charge in [-0.2, -0.15) is 0 Å². The summed E-state index contributed by atoms with van der Waals surface area (Å²) in [4.78, 5) is 23.1. The lowest BCUT2D eigenvalue weighted by atomic mass is 9.98. The number of ketones is 2. The lowest BCUT2D eigenvalue weighted by Gasteiger charge is -2.06. The largest absolute Gasteiger partial charge is 0.512 e. The molecular weight excluding hydrogens is 218 g/mol. The number of hydrogen-bond donors (Lipinski definition) is 2. The van der Waals surface area contributed by atoms with Crippen LogP contribution in [0.2, 0.25) is 0 Å². The van der Waals surface area contributed by atoms with Crippen LogP contribution in [-0.2, 0) is 4.79 Å². The van der Waals surface area contributed by atoms with Crippen molar-refractivity contribution in [1.29, 1.82) is 5.41 Å². The number of carbonyl (C=O) groups is 2. The minimum atomic E-state index is -0.579. The summed E-state index contributed by atoms with van der Waals surface area (Å²) in [5, 5.41) is 17.0. The van der Waals surface area contributed by atoms with E-state index in [1.54, 1.807) is 30.3 Å². The zero-order valence-electron chi connectivity index (χ0n) is 9.65. The number of Topliss-reactive ketones (excluding diaryl/α,β-unsaturated/α-hetero) is 2. The number of carbonyl (C=O) groups excluding carboxylic acids is 2. The van der Waals surface area contributed by atoms with Crippen molar-refractivity contribution in [1.82, 2.24) is 0 Å². The highest BCUT2D eigenvalue weighted by Crippen LogP contribution is 2.10. The second-order valence-corrected chi connectivity index (χ2v) is 3.59.